The van der Waals surface area contributed by atoms with Crippen molar-refractivity contribution in [3.8, 4) is 0 Å². The van der Waals surface area contributed by atoms with Crippen molar-refractivity contribution in [2.75, 3.05) is 20.0 Å². The molecule has 3 N–H and O–H groups in total. The molecule has 0 bridgehead atoms. The molecule has 0 saturated carbocycles. The van der Waals surface area contributed by atoms with Crippen LogP contribution in [0.3, 0.4) is 0 Å². The van der Waals surface area contributed by atoms with Crippen molar-refractivity contribution in [1.82, 2.24) is 0 Å². The zero-order valence-corrected chi connectivity index (χ0v) is 12.1. The van der Waals surface area contributed by atoms with E-state index in [4.69, 9.17) is 15.2 Å². The number of ketones is 2. The highest BCUT2D eigenvalue weighted by Crippen LogP contribution is 2.42. The van der Waals surface area contributed by atoms with E-state index in [0.29, 0.717) is 11.5 Å². The Kier molecular flexibility index (Phi) is 3.07. The van der Waals surface area contributed by atoms with Crippen molar-refractivity contribution in [3.63, 3.8) is 0 Å². The highest BCUT2D eigenvalue weighted by molar-refractivity contribution is 6.34. The summed E-state index contributed by atoms with van der Waals surface area (Å²) in [6.45, 7) is 0. The number of aliphatic hydroxyl groups is 1. The van der Waals surface area contributed by atoms with Crippen LogP contribution in [0.15, 0.2) is 41.9 Å². The van der Waals surface area contributed by atoms with Gasteiger partial charge in [0.05, 0.1) is 19.8 Å². The molecule has 0 aliphatic heterocycles. The third-order valence-electron chi connectivity index (χ3n) is 4.09. The maximum Gasteiger partial charge on any atom is 0.206 e. The minimum atomic E-state index is -2.22. The van der Waals surface area contributed by atoms with Crippen LogP contribution in [0.5, 0.6) is 0 Å². The van der Waals surface area contributed by atoms with Gasteiger partial charge in [0.25, 0.3) is 0 Å². The highest BCUT2D eigenvalue weighted by atomic mass is 16.5. The van der Waals surface area contributed by atoms with E-state index in [9.17, 15) is 14.7 Å². The summed E-state index contributed by atoms with van der Waals surface area (Å²) < 4.78 is 10.3. The molecule has 1 atom stereocenters. The Morgan fingerprint density at radius 2 is 1.68 bits per heavy atom. The van der Waals surface area contributed by atoms with Crippen molar-refractivity contribution in [1.29, 1.82) is 0 Å². The van der Waals surface area contributed by atoms with Crippen molar-refractivity contribution >= 4 is 17.3 Å². The van der Waals surface area contributed by atoms with E-state index in [0.717, 1.165) is 0 Å². The number of benzene rings is 1. The summed E-state index contributed by atoms with van der Waals surface area (Å²) in [6.07, 6.45) is 2.99. The summed E-state index contributed by atoms with van der Waals surface area (Å²) in [5.41, 5.74) is 3.95. The Morgan fingerprint density at radius 3 is 2.18 bits per heavy atom. The maximum atomic E-state index is 12.6. The van der Waals surface area contributed by atoms with E-state index in [1.54, 1.807) is 6.07 Å². The van der Waals surface area contributed by atoms with Gasteiger partial charge in [0.1, 0.15) is 0 Å². The van der Waals surface area contributed by atoms with Crippen molar-refractivity contribution in [2.45, 2.75) is 5.60 Å². The van der Waals surface area contributed by atoms with E-state index in [2.05, 4.69) is 0 Å². The third-order valence-corrected chi connectivity index (χ3v) is 4.09. The topological polar surface area (TPSA) is 98.9 Å². The smallest absolute Gasteiger partial charge is 0.206 e. The van der Waals surface area contributed by atoms with Gasteiger partial charge in [-0.3, -0.25) is 9.59 Å². The average molecular weight is 301 g/mol. The van der Waals surface area contributed by atoms with Crippen LogP contribution in [0.25, 0.3) is 0 Å². The molecule has 3 rings (SSSR count). The van der Waals surface area contributed by atoms with Gasteiger partial charge in [0, 0.05) is 17.2 Å². The number of hydrogen-bond acceptors (Lipinski definition) is 6. The number of nitrogens with two attached hydrogens (primary N) is 1. The van der Waals surface area contributed by atoms with Crippen LogP contribution < -0.4 is 5.73 Å². The van der Waals surface area contributed by atoms with Gasteiger partial charge >= 0.3 is 0 Å². The van der Waals surface area contributed by atoms with Gasteiger partial charge in [-0.2, -0.15) is 0 Å². The Balaban J connectivity index is 2.12. The summed E-state index contributed by atoms with van der Waals surface area (Å²) in [7, 11) is 2.88. The predicted octanol–water partition coefficient (Wildman–Crippen LogP) is 1.07. The van der Waals surface area contributed by atoms with Crippen molar-refractivity contribution in [3.05, 3.63) is 53.0 Å². The Morgan fingerprint density at radius 1 is 1.09 bits per heavy atom. The van der Waals surface area contributed by atoms with Crippen molar-refractivity contribution < 1.29 is 24.2 Å². The SMILES string of the molecule is COC1=CC(C2(O)C(=O)c3cccc(N)c3C2=O)C=C1OC. The monoisotopic (exact) mass is 301 g/mol. The first-order valence-electron chi connectivity index (χ1n) is 6.67. The number of fused-ring (bicyclic) bond motifs is 1. The molecule has 0 spiro atoms. The Hall–Kier alpha value is -2.60. The van der Waals surface area contributed by atoms with Gasteiger partial charge in [0.15, 0.2) is 11.5 Å². The van der Waals surface area contributed by atoms with Gasteiger partial charge in [-0.1, -0.05) is 12.1 Å². The fourth-order valence-corrected chi connectivity index (χ4v) is 2.93. The first-order chi connectivity index (χ1) is 10.4. The maximum absolute atomic E-state index is 12.6. The fourth-order valence-electron chi connectivity index (χ4n) is 2.93. The lowest BCUT2D eigenvalue weighted by Crippen LogP contribution is -2.46. The number of anilines is 1. The number of carbonyl (C=O) groups is 2. The molecule has 6 nitrogen and oxygen atoms in total. The Bertz CT molecular complexity index is 729. The Labute approximate surface area is 126 Å². The van der Waals surface area contributed by atoms with Crippen LogP contribution in [-0.4, -0.2) is 36.5 Å². The number of rotatable bonds is 3. The second-order valence-electron chi connectivity index (χ2n) is 5.19. The van der Waals surface area contributed by atoms with Gasteiger partial charge in [-0.25, -0.2) is 0 Å². The second kappa shape index (κ2) is 4.71. The van der Waals surface area contributed by atoms with Crippen molar-refractivity contribution in [2.24, 2.45) is 5.92 Å². The molecule has 0 saturated heterocycles. The molecule has 0 fully saturated rings. The predicted molar refractivity (Wildman–Crippen MR) is 78.1 cm³/mol. The molecule has 6 heteroatoms. The zero-order chi connectivity index (χ0) is 16.1. The van der Waals surface area contributed by atoms with Gasteiger partial charge in [-0.05, 0) is 18.2 Å². The first kappa shape index (κ1) is 14.3. The summed E-state index contributed by atoms with van der Waals surface area (Å²) in [4.78, 5) is 25.2. The van der Waals surface area contributed by atoms with E-state index in [1.807, 2.05) is 0 Å². The molecule has 0 amide bonds. The molecule has 0 aromatic heterocycles. The number of nitrogen functional groups attached to an aromatic ring is 1. The molecule has 22 heavy (non-hydrogen) atoms. The molecule has 1 aromatic carbocycles. The summed E-state index contributed by atoms with van der Waals surface area (Å²) in [5, 5.41) is 10.8. The molecule has 114 valence electrons. The molecule has 2 aliphatic rings. The normalized spacial score (nSPS) is 24.1. The molecule has 0 heterocycles. The standard InChI is InChI=1S/C16H15NO5/c1-21-11-6-8(7-12(11)22-2)16(20)14(18)9-4-3-5-10(17)13(9)15(16)19/h3-8,20H,17H2,1-2H3. The van der Waals surface area contributed by atoms with Crippen LogP contribution in [0.2, 0.25) is 0 Å². The molecule has 0 radical (unpaired) electrons. The number of methoxy groups -OCH3 is 2. The van der Waals surface area contributed by atoms with Crippen LogP contribution in [0, 0.1) is 5.92 Å². The minimum absolute atomic E-state index is 0.0710. The van der Waals surface area contributed by atoms with Crippen LogP contribution in [0.1, 0.15) is 20.7 Å². The third kappa shape index (κ3) is 1.64. The average Bonchev–Trinajstić information content (AvgIpc) is 3.03. The first-order valence-corrected chi connectivity index (χ1v) is 6.67. The lowest BCUT2D eigenvalue weighted by atomic mass is 9.84. The van der Waals surface area contributed by atoms with Gasteiger partial charge in [-0.15, -0.1) is 0 Å². The van der Waals surface area contributed by atoms with Gasteiger partial charge < -0.3 is 20.3 Å². The summed E-state index contributed by atoms with van der Waals surface area (Å²) in [5.74, 6) is -1.50. The number of carbonyl (C=O) groups excluding carboxylic acids is 2. The lowest BCUT2D eigenvalue weighted by molar-refractivity contribution is 0.0242. The molecule has 1 aromatic rings. The van der Waals surface area contributed by atoms with E-state index >= 15 is 0 Å². The van der Waals surface area contributed by atoms with E-state index < -0.39 is 23.1 Å². The summed E-state index contributed by atoms with van der Waals surface area (Å²) in [6, 6.07) is 4.59. The number of hydrogen-bond donors (Lipinski definition) is 2. The minimum Gasteiger partial charge on any atom is -0.493 e. The van der Waals surface area contributed by atoms with Crippen LogP contribution in [-0.2, 0) is 9.47 Å². The van der Waals surface area contributed by atoms with E-state index in [1.165, 1.54) is 38.5 Å². The van der Waals surface area contributed by atoms with Gasteiger partial charge in [0.2, 0.25) is 17.2 Å². The fraction of sp³-hybridized carbons (Fsp3) is 0.250. The van der Waals surface area contributed by atoms with Crippen LogP contribution >= 0.6 is 0 Å². The quantitative estimate of drug-likeness (QED) is 0.640. The largest absolute Gasteiger partial charge is 0.493 e. The summed E-state index contributed by atoms with van der Waals surface area (Å²) >= 11 is 0. The number of Topliss-reactive ketones (excluding diaryl/α,β-unsaturated/α-hetero) is 2. The zero-order valence-electron chi connectivity index (χ0n) is 12.1. The molecular weight excluding hydrogens is 286 g/mol. The molecular formula is C16H15NO5. The molecule has 1 unspecified atom stereocenters. The second-order valence-corrected chi connectivity index (χ2v) is 5.19. The van der Waals surface area contributed by atoms with Crippen LogP contribution in [0.4, 0.5) is 5.69 Å². The lowest BCUT2D eigenvalue weighted by Gasteiger charge is -2.23. The van der Waals surface area contributed by atoms with E-state index in [-0.39, 0.29) is 16.8 Å². The number of ether oxygens (including phenoxy) is 2. The highest BCUT2D eigenvalue weighted by Gasteiger charge is 2.57. The molecule has 2 aliphatic carbocycles.